The molecule has 0 saturated carbocycles. The number of para-hydroxylation sites is 1. The van der Waals surface area contributed by atoms with E-state index in [1.54, 1.807) is 6.92 Å². The Morgan fingerprint density at radius 3 is 2.94 bits per heavy atom. The Hall–Kier alpha value is -1.77. The molecule has 2 aromatic rings. The minimum Gasteiger partial charge on any atom is -0.361 e. The fraction of sp³-hybridized carbons (Fsp3) is 0.357. The Labute approximate surface area is 101 Å². The predicted molar refractivity (Wildman–Crippen MR) is 69.9 cm³/mol. The first kappa shape index (κ1) is 11.7. The van der Waals surface area contributed by atoms with Crippen LogP contribution in [0.25, 0.3) is 10.9 Å². The summed E-state index contributed by atoms with van der Waals surface area (Å²) in [6.07, 6.45) is 5.27. The lowest BCUT2D eigenvalue weighted by Gasteiger charge is -2.01. The number of carbonyl (C=O) groups excluding carboxylic acids is 1. The van der Waals surface area contributed by atoms with Crippen LogP contribution in [-0.4, -0.2) is 17.4 Å². The summed E-state index contributed by atoms with van der Waals surface area (Å²) in [6.45, 7) is 2.33. The number of hydrogen-bond donors (Lipinski definition) is 2. The third kappa shape index (κ3) is 3.09. The number of hydrogen-bond acceptors (Lipinski definition) is 1. The first-order valence-electron chi connectivity index (χ1n) is 6.07. The molecule has 1 heterocycles. The van der Waals surface area contributed by atoms with E-state index in [4.69, 9.17) is 0 Å². The number of nitrogens with one attached hydrogen (secondary N) is 2. The first-order valence-corrected chi connectivity index (χ1v) is 6.07. The van der Waals surface area contributed by atoms with E-state index in [-0.39, 0.29) is 5.91 Å². The van der Waals surface area contributed by atoms with Crippen molar-refractivity contribution in [2.75, 3.05) is 6.54 Å². The molecule has 1 aromatic carbocycles. The van der Waals surface area contributed by atoms with Gasteiger partial charge in [0.25, 0.3) is 0 Å². The lowest BCUT2D eigenvalue weighted by Crippen LogP contribution is -2.20. The second-order valence-corrected chi connectivity index (χ2v) is 4.30. The van der Waals surface area contributed by atoms with E-state index >= 15 is 0 Å². The zero-order valence-corrected chi connectivity index (χ0v) is 10.1. The summed E-state index contributed by atoms with van der Waals surface area (Å²) in [6, 6.07) is 8.35. The van der Waals surface area contributed by atoms with Crippen LogP contribution in [0, 0.1) is 0 Å². The molecule has 0 saturated heterocycles. The van der Waals surface area contributed by atoms with Crippen molar-refractivity contribution in [3.63, 3.8) is 0 Å². The van der Waals surface area contributed by atoms with Crippen LogP contribution in [0.15, 0.2) is 30.5 Å². The molecule has 90 valence electrons. The fourth-order valence-electron chi connectivity index (χ4n) is 2.04. The van der Waals surface area contributed by atoms with Gasteiger partial charge < -0.3 is 10.3 Å². The summed E-state index contributed by atoms with van der Waals surface area (Å²) >= 11 is 0. The number of aryl methyl sites for hydroxylation is 1. The van der Waals surface area contributed by atoms with E-state index in [9.17, 15) is 4.79 Å². The molecule has 0 aliphatic heterocycles. The van der Waals surface area contributed by atoms with Gasteiger partial charge in [0.1, 0.15) is 0 Å². The summed E-state index contributed by atoms with van der Waals surface area (Å²) < 4.78 is 0. The standard InChI is InChI=1S/C14H18N2O/c1-11(17)15-9-5-4-6-12-10-16-14-8-3-2-7-13(12)14/h2-3,7-8,10,16H,4-6,9H2,1H3,(H,15,17). The van der Waals surface area contributed by atoms with E-state index in [2.05, 4.69) is 34.7 Å². The topological polar surface area (TPSA) is 44.9 Å². The van der Waals surface area contributed by atoms with Crippen molar-refractivity contribution in [1.29, 1.82) is 0 Å². The van der Waals surface area contributed by atoms with Crippen molar-refractivity contribution >= 4 is 16.8 Å². The van der Waals surface area contributed by atoms with Crippen LogP contribution in [0.3, 0.4) is 0 Å². The Balaban J connectivity index is 1.85. The molecule has 0 aliphatic rings. The van der Waals surface area contributed by atoms with Crippen LogP contribution in [0.4, 0.5) is 0 Å². The maximum atomic E-state index is 10.7. The molecular weight excluding hydrogens is 212 g/mol. The molecule has 0 radical (unpaired) electrons. The maximum Gasteiger partial charge on any atom is 0.216 e. The second-order valence-electron chi connectivity index (χ2n) is 4.30. The Bertz CT molecular complexity index is 502. The first-order chi connectivity index (χ1) is 8.27. The molecule has 3 nitrogen and oxygen atoms in total. The summed E-state index contributed by atoms with van der Waals surface area (Å²) in [5.41, 5.74) is 2.56. The number of rotatable bonds is 5. The lowest BCUT2D eigenvalue weighted by molar-refractivity contribution is -0.118. The molecule has 0 aliphatic carbocycles. The van der Waals surface area contributed by atoms with Crippen LogP contribution < -0.4 is 5.32 Å². The highest BCUT2D eigenvalue weighted by molar-refractivity contribution is 5.83. The minimum atomic E-state index is 0.0529. The number of carbonyl (C=O) groups is 1. The molecule has 0 bridgehead atoms. The number of fused-ring (bicyclic) bond motifs is 1. The molecular formula is C14H18N2O. The van der Waals surface area contributed by atoms with Crippen molar-refractivity contribution in [2.45, 2.75) is 26.2 Å². The van der Waals surface area contributed by atoms with Crippen LogP contribution in [-0.2, 0) is 11.2 Å². The summed E-state index contributed by atoms with van der Waals surface area (Å²) in [7, 11) is 0. The molecule has 17 heavy (non-hydrogen) atoms. The van der Waals surface area contributed by atoms with E-state index in [1.807, 2.05) is 6.07 Å². The fourth-order valence-corrected chi connectivity index (χ4v) is 2.04. The zero-order valence-electron chi connectivity index (χ0n) is 10.1. The van der Waals surface area contributed by atoms with Crippen LogP contribution >= 0.6 is 0 Å². The molecule has 1 aromatic heterocycles. The minimum absolute atomic E-state index is 0.0529. The van der Waals surface area contributed by atoms with Gasteiger partial charge in [0, 0.05) is 30.6 Å². The van der Waals surface area contributed by atoms with Gasteiger partial charge in [-0.15, -0.1) is 0 Å². The molecule has 0 unspecified atom stereocenters. The van der Waals surface area contributed by atoms with E-state index in [1.165, 1.54) is 16.5 Å². The number of H-pyrrole nitrogens is 1. The van der Waals surface area contributed by atoms with Crippen molar-refractivity contribution in [2.24, 2.45) is 0 Å². The van der Waals surface area contributed by atoms with Gasteiger partial charge in [0.05, 0.1) is 0 Å². The average molecular weight is 230 g/mol. The van der Waals surface area contributed by atoms with Crippen molar-refractivity contribution < 1.29 is 4.79 Å². The van der Waals surface area contributed by atoms with Gasteiger partial charge in [-0.05, 0) is 30.9 Å². The monoisotopic (exact) mass is 230 g/mol. The molecule has 2 rings (SSSR count). The average Bonchev–Trinajstić information content (AvgIpc) is 2.72. The molecule has 1 amide bonds. The second kappa shape index (κ2) is 5.53. The van der Waals surface area contributed by atoms with Gasteiger partial charge in [-0.3, -0.25) is 4.79 Å². The third-order valence-corrected chi connectivity index (χ3v) is 2.92. The van der Waals surface area contributed by atoms with E-state index in [0.717, 1.165) is 25.8 Å². The highest BCUT2D eigenvalue weighted by atomic mass is 16.1. The van der Waals surface area contributed by atoms with Crippen molar-refractivity contribution in [1.82, 2.24) is 10.3 Å². The quantitative estimate of drug-likeness (QED) is 0.762. The zero-order chi connectivity index (χ0) is 12.1. The maximum absolute atomic E-state index is 10.7. The van der Waals surface area contributed by atoms with Crippen LogP contribution in [0.5, 0.6) is 0 Å². The molecule has 3 heteroatoms. The largest absolute Gasteiger partial charge is 0.361 e. The van der Waals surface area contributed by atoms with Gasteiger partial charge in [0.15, 0.2) is 0 Å². The van der Waals surface area contributed by atoms with Crippen LogP contribution in [0.2, 0.25) is 0 Å². The highest BCUT2D eigenvalue weighted by Crippen LogP contribution is 2.19. The number of aromatic amines is 1. The Morgan fingerprint density at radius 1 is 1.29 bits per heavy atom. The van der Waals surface area contributed by atoms with Gasteiger partial charge >= 0.3 is 0 Å². The predicted octanol–water partition coefficient (Wildman–Crippen LogP) is 2.63. The molecule has 0 fully saturated rings. The molecule has 0 spiro atoms. The van der Waals surface area contributed by atoms with E-state index in [0.29, 0.717) is 0 Å². The Morgan fingerprint density at radius 2 is 2.12 bits per heavy atom. The summed E-state index contributed by atoms with van der Waals surface area (Å²) in [5, 5.41) is 4.13. The van der Waals surface area contributed by atoms with Crippen LogP contribution in [0.1, 0.15) is 25.3 Å². The Kier molecular flexibility index (Phi) is 3.81. The smallest absolute Gasteiger partial charge is 0.216 e. The number of benzene rings is 1. The normalized spacial score (nSPS) is 10.6. The van der Waals surface area contributed by atoms with Gasteiger partial charge in [0.2, 0.25) is 5.91 Å². The lowest BCUT2D eigenvalue weighted by atomic mass is 10.1. The van der Waals surface area contributed by atoms with Gasteiger partial charge in [-0.25, -0.2) is 0 Å². The van der Waals surface area contributed by atoms with Gasteiger partial charge in [-0.2, -0.15) is 0 Å². The van der Waals surface area contributed by atoms with Crippen molar-refractivity contribution in [3.05, 3.63) is 36.0 Å². The van der Waals surface area contributed by atoms with Crippen molar-refractivity contribution in [3.8, 4) is 0 Å². The summed E-state index contributed by atoms with van der Waals surface area (Å²) in [5.74, 6) is 0.0529. The third-order valence-electron chi connectivity index (χ3n) is 2.92. The number of amides is 1. The molecule has 2 N–H and O–H groups in total. The molecule has 0 atom stereocenters. The van der Waals surface area contributed by atoms with Gasteiger partial charge in [-0.1, -0.05) is 18.2 Å². The summed E-state index contributed by atoms with van der Waals surface area (Å²) in [4.78, 5) is 14.0. The van der Waals surface area contributed by atoms with E-state index < -0.39 is 0 Å². The number of aromatic nitrogens is 1. The number of unbranched alkanes of at least 4 members (excludes halogenated alkanes) is 1. The SMILES string of the molecule is CC(=O)NCCCCc1c[nH]c2ccccc12. The highest BCUT2D eigenvalue weighted by Gasteiger charge is 2.02.